The molecular weight excluding hydrogens is 909 g/mol. The van der Waals surface area contributed by atoms with Gasteiger partial charge in [-0.2, -0.15) is 0 Å². The van der Waals surface area contributed by atoms with Crippen LogP contribution in [0.3, 0.4) is 0 Å². The quantitative estimate of drug-likeness (QED) is 0.114. The molecule has 75 heavy (non-hydrogen) atoms. The van der Waals surface area contributed by atoms with Crippen LogP contribution in [-0.2, 0) is 0 Å². The third-order valence-corrected chi connectivity index (χ3v) is 14.1. The second-order valence-electron chi connectivity index (χ2n) is 18.7. The summed E-state index contributed by atoms with van der Waals surface area (Å²) in [5.74, 6) is 0. The van der Waals surface area contributed by atoms with Gasteiger partial charge >= 0.3 is 0 Å². The number of rotatable bonds is 13. The smallest absolute Gasteiger partial charge is 0.0540 e. The van der Waals surface area contributed by atoms with Crippen LogP contribution >= 0.6 is 0 Å². The molecular formula is C71H62N4. The van der Waals surface area contributed by atoms with Crippen molar-refractivity contribution in [2.45, 2.75) is 46.0 Å². The molecule has 4 heteroatoms. The number of benzene rings is 9. The molecule has 0 N–H and O–H groups in total. The average Bonchev–Trinajstić information content (AvgIpc) is 3.74. The molecule has 0 aromatic heterocycles. The number of para-hydroxylation sites is 2. The Morgan fingerprint density at radius 3 is 1.36 bits per heavy atom. The lowest BCUT2D eigenvalue weighted by molar-refractivity contribution is 0.901. The van der Waals surface area contributed by atoms with Gasteiger partial charge in [-0.15, -0.1) is 0 Å². The van der Waals surface area contributed by atoms with E-state index in [1.807, 2.05) is 13.8 Å². The fraction of sp³-hybridized carbons (Fsp3) is 0.0986. The maximum absolute atomic E-state index is 2.45. The number of fused-ring (bicyclic) bond motifs is 2. The van der Waals surface area contributed by atoms with Gasteiger partial charge in [-0.1, -0.05) is 178 Å². The summed E-state index contributed by atoms with van der Waals surface area (Å²) in [7, 11) is 0. The van der Waals surface area contributed by atoms with Gasteiger partial charge in [-0.25, -0.2) is 0 Å². The molecule has 0 heterocycles. The van der Waals surface area contributed by atoms with Gasteiger partial charge in [0.05, 0.1) is 11.4 Å². The van der Waals surface area contributed by atoms with Crippen LogP contribution in [0.5, 0.6) is 0 Å². The van der Waals surface area contributed by atoms with Crippen LogP contribution in [-0.4, -0.2) is 0 Å². The van der Waals surface area contributed by atoms with E-state index >= 15 is 0 Å². The Balaban J connectivity index is 0.00000298. The van der Waals surface area contributed by atoms with Gasteiger partial charge in [-0.05, 0) is 163 Å². The number of allylic oxidation sites excluding steroid dienone is 11. The molecule has 3 aliphatic carbocycles. The molecule has 0 atom stereocenters. The van der Waals surface area contributed by atoms with E-state index in [9.17, 15) is 0 Å². The summed E-state index contributed by atoms with van der Waals surface area (Å²) in [5.41, 5.74) is 16.2. The highest BCUT2D eigenvalue weighted by molar-refractivity contribution is 6.00. The summed E-state index contributed by atoms with van der Waals surface area (Å²) in [6.45, 7) is 4.00. The van der Waals surface area contributed by atoms with Gasteiger partial charge in [0.25, 0.3) is 0 Å². The van der Waals surface area contributed by atoms with E-state index in [0.29, 0.717) is 0 Å². The second kappa shape index (κ2) is 22.7. The summed E-state index contributed by atoms with van der Waals surface area (Å²) >= 11 is 0. The molecule has 9 aromatic rings. The van der Waals surface area contributed by atoms with E-state index in [-0.39, 0.29) is 0 Å². The van der Waals surface area contributed by atoms with E-state index in [0.717, 1.165) is 94.4 Å². The molecule has 0 aliphatic heterocycles. The molecule has 0 spiro atoms. The number of hydrogen-bond acceptors (Lipinski definition) is 4. The van der Waals surface area contributed by atoms with Crippen LogP contribution < -0.4 is 19.6 Å². The molecule has 0 saturated heterocycles. The maximum Gasteiger partial charge on any atom is 0.0540 e. The molecule has 12 rings (SSSR count). The Kier molecular flexibility index (Phi) is 14.6. The van der Waals surface area contributed by atoms with Crippen molar-refractivity contribution in [3.05, 3.63) is 302 Å². The highest BCUT2D eigenvalue weighted by Gasteiger charge is 2.22. The molecule has 9 aromatic carbocycles. The van der Waals surface area contributed by atoms with Crippen molar-refractivity contribution < 1.29 is 0 Å². The predicted octanol–water partition coefficient (Wildman–Crippen LogP) is 20.1. The zero-order valence-electron chi connectivity index (χ0n) is 42.9. The minimum absolute atomic E-state index is 0.769. The van der Waals surface area contributed by atoms with E-state index in [4.69, 9.17) is 0 Å². The molecule has 0 unspecified atom stereocenters. The standard InChI is InChI=1S/C69H56N4.C2H6/c1-5-24-56(25-6-1)70(57-26-7-2-8-27-57)60-32-19-33-61(47-46-60)72(68-36-17-22-54-20-13-15-34-66(54)68)63-42-38-52(39-43-63)53-40-44-64(45-41-53)73(69-37-18-23-55-21-14-16-35-67(55)69)65-50-48-62(49-51-65)71(58-28-9-3-10-29-58)59-30-11-4-12-31-59;1-2/h1-3,5-7,9-11,13-26,28-32,34-51H,4,8,12,27,33H2;1-2H3. The Bertz CT molecular complexity index is 3620. The third-order valence-electron chi connectivity index (χ3n) is 14.1. The van der Waals surface area contributed by atoms with Crippen LogP contribution in [0.1, 0.15) is 46.0 Å². The topological polar surface area (TPSA) is 13.0 Å². The Hall–Kier alpha value is -9.12. The number of hydrogen-bond donors (Lipinski definition) is 0. The first kappa shape index (κ1) is 48.2. The molecule has 0 radical (unpaired) electrons. The van der Waals surface area contributed by atoms with Crippen molar-refractivity contribution in [3.8, 4) is 11.1 Å². The summed E-state index contributed by atoms with van der Waals surface area (Å²) in [4.78, 5) is 9.61. The summed E-state index contributed by atoms with van der Waals surface area (Å²) in [6, 6.07) is 79.2. The Morgan fingerprint density at radius 2 is 0.800 bits per heavy atom. The molecule has 0 bridgehead atoms. The molecule has 0 saturated carbocycles. The predicted molar refractivity (Wildman–Crippen MR) is 322 cm³/mol. The van der Waals surface area contributed by atoms with Crippen molar-refractivity contribution in [2.24, 2.45) is 0 Å². The van der Waals surface area contributed by atoms with Crippen molar-refractivity contribution in [3.63, 3.8) is 0 Å². The fourth-order valence-electron chi connectivity index (χ4n) is 10.6. The average molecular weight is 971 g/mol. The van der Waals surface area contributed by atoms with Crippen molar-refractivity contribution >= 4 is 67.0 Å². The van der Waals surface area contributed by atoms with Gasteiger partial charge in [0.2, 0.25) is 0 Å². The van der Waals surface area contributed by atoms with E-state index in [1.54, 1.807) is 0 Å². The zero-order chi connectivity index (χ0) is 50.8. The monoisotopic (exact) mass is 970 g/mol. The van der Waals surface area contributed by atoms with Gasteiger partial charge in [0.1, 0.15) is 0 Å². The van der Waals surface area contributed by atoms with Gasteiger partial charge in [0, 0.05) is 74.1 Å². The first-order valence-corrected chi connectivity index (χ1v) is 26.6. The maximum atomic E-state index is 2.45. The molecule has 0 amide bonds. The van der Waals surface area contributed by atoms with Crippen LogP contribution in [0.4, 0.5) is 45.5 Å². The van der Waals surface area contributed by atoms with Crippen molar-refractivity contribution in [2.75, 3.05) is 19.6 Å². The summed E-state index contributed by atoms with van der Waals surface area (Å²) < 4.78 is 0. The molecule has 366 valence electrons. The van der Waals surface area contributed by atoms with Crippen molar-refractivity contribution in [1.82, 2.24) is 0 Å². The summed E-state index contributed by atoms with van der Waals surface area (Å²) in [5, 5.41) is 4.84. The van der Waals surface area contributed by atoms with Gasteiger partial charge in [0.15, 0.2) is 0 Å². The third kappa shape index (κ3) is 10.3. The lowest BCUT2D eigenvalue weighted by Gasteiger charge is -2.30. The van der Waals surface area contributed by atoms with Gasteiger partial charge in [-0.3, -0.25) is 0 Å². The molecule has 4 nitrogen and oxygen atoms in total. The highest BCUT2D eigenvalue weighted by atomic mass is 15.2. The highest BCUT2D eigenvalue weighted by Crippen LogP contribution is 2.43. The van der Waals surface area contributed by atoms with E-state index in [1.165, 1.54) is 38.6 Å². The lowest BCUT2D eigenvalue weighted by Crippen LogP contribution is -2.21. The molecule has 0 fully saturated rings. The minimum Gasteiger partial charge on any atom is -0.314 e. The minimum atomic E-state index is 0.769. The number of anilines is 8. The SMILES string of the molecule is C1=CCCC(N(C2=CC=C(N(c3ccc(-c4ccc(N(c5ccc(N(C6=CCCC=C6)c6ccccc6)cc5)c5cccc6ccccc56)cc4)cc3)c3cccc4ccccc34)CC=C2)c2ccccc2)=C1.CC. The first-order valence-electron chi connectivity index (χ1n) is 26.6. The van der Waals surface area contributed by atoms with Crippen LogP contribution in [0, 0.1) is 0 Å². The van der Waals surface area contributed by atoms with Gasteiger partial charge < -0.3 is 19.6 Å². The first-order chi connectivity index (χ1) is 37.2. The van der Waals surface area contributed by atoms with E-state index < -0.39 is 0 Å². The van der Waals surface area contributed by atoms with Crippen LogP contribution in [0.15, 0.2) is 302 Å². The number of nitrogens with zero attached hydrogens (tertiary/aromatic N) is 4. The van der Waals surface area contributed by atoms with Crippen LogP contribution in [0.25, 0.3) is 32.7 Å². The normalized spacial score (nSPS) is 13.9. The lowest BCUT2D eigenvalue weighted by atomic mass is 10.0. The molecule has 3 aliphatic rings. The summed E-state index contributed by atoms with van der Waals surface area (Å²) in [6.07, 6.45) is 27.7. The fourth-order valence-corrected chi connectivity index (χ4v) is 10.6. The Morgan fingerprint density at radius 1 is 0.320 bits per heavy atom. The largest absolute Gasteiger partial charge is 0.314 e. The Labute approximate surface area is 443 Å². The van der Waals surface area contributed by atoms with Crippen molar-refractivity contribution in [1.29, 1.82) is 0 Å². The van der Waals surface area contributed by atoms with Crippen LogP contribution in [0.2, 0.25) is 0 Å². The zero-order valence-corrected chi connectivity index (χ0v) is 42.9. The van der Waals surface area contributed by atoms with E-state index in [2.05, 4.69) is 299 Å². The second-order valence-corrected chi connectivity index (χ2v) is 18.7.